The van der Waals surface area contributed by atoms with Gasteiger partial charge in [0.2, 0.25) is 10.0 Å². The van der Waals surface area contributed by atoms with Crippen molar-refractivity contribution in [3.8, 4) is 5.75 Å². The predicted octanol–water partition coefficient (Wildman–Crippen LogP) is 1.05. The van der Waals surface area contributed by atoms with Crippen molar-refractivity contribution >= 4 is 10.0 Å². The summed E-state index contributed by atoms with van der Waals surface area (Å²) < 4.78 is 54.6. The van der Waals surface area contributed by atoms with Gasteiger partial charge in [0.15, 0.2) is 0 Å². The molecule has 20 heavy (non-hydrogen) atoms. The number of nitrogens with zero attached hydrogens (tertiary/aromatic N) is 1. The lowest BCUT2D eigenvalue weighted by Crippen LogP contribution is -2.31. The van der Waals surface area contributed by atoms with Crippen molar-refractivity contribution in [3.63, 3.8) is 0 Å². The number of sulfonamides is 1. The molecule has 0 aliphatic carbocycles. The minimum absolute atomic E-state index is 0.107. The normalized spacial score (nSPS) is 20.5. The van der Waals surface area contributed by atoms with Crippen molar-refractivity contribution in [1.82, 2.24) is 4.31 Å². The molecular formula is C12H16F2N2O3S. The zero-order valence-electron chi connectivity index (χ0n) is 10.7. The molecule has 0 unspecified atom stereocenters. The van der Waals surface area contributed by atoms with E-state index in [2.05, 4.69) is 0 Å². The third kappa shape index (κ3) is 3.44. The summed E-state index contributed by atoms with van der Waals surface area (Å²) in [4.78, 5) is 0.107. The summed E-state index contributed by atoms with van der Waals surface area (Å²) in [7, 11) is -3.57. The Morgan fingerprint density at radius 1 is 1.35 bits per heavy atom. The molecule has 2 N–H and O–H groups in total. The SMILES string of the molecule is N[C@@H]1CCN(S(=O)(=O)c2ccc(OCC(F)F)cc2)C1. The number of ether oxygens (including phenoxy) is 1. The van der Waals surface area contributed by atoms with Crippen molar-refractivity contribution in [2.24, 2.45) is 5.73 Å². The number of alkyl halides is 2. The van der Waals surface area contributed by atoms with E-state index in [0.29, 0.717) is 19.5 Å². The van der Waals surface area contributed by atoms with Gasteiger partial charge in [-0.05, 0) is 30.7 Å². The van der Waals surface area contributed by atoms with Crippen LogP contribution >= 0.6 is 0 Å². The van der Waals surface area contributed by atoms with Crippen LogP contribution in [-0.2, 0) is 10.0 Å². The van der Waals surface area contributed by atoms with Crippen LogP contribution in [0.1, 0.15) is 6.42 Å². The van der Waals surface area contributed by atoms with E-state index in [1.165, 1.54) is 28.6 Å². The molecule has 0 amide bonds. The van der Waals surface area contributed by atoms with E-state index in [4.69, 9.17) is 10.5 Å². The molecule has 2 rings (SSSR count). The Kier molecular flexibility index (Phi) is 4.56. The van der Waals surface area contributed by atoms with Crippen molar-refractivity contribution in [1.29, 1.82) is 0 Å². The second-order valence-corrected chi connectivity index (χ2v) is 6.52. The van der Waals surface area contributed by atoms with E-state index in [1.807, 2.05) is 0 Å². The standard InChI is InChI=1S/C12H16F2N2O3S/c13-12(14)8-19-10-1-3-11(4-2-10)20(17,18)16-6-5-9(15)7-16/h1-4,9,12H,5-8,15H2/t9-/m1/s1. The largest absolute Gasteiger partial charge is 0.488 e. The maximum atomic E-state index is 12.3. The van der Waals surface area contributed by atoms with E-state index in [0.717, 1.165) is 0 Å². The fraction of sp³-hybridized carbons (Fsp3) is 0.500. The molecule has 1 aromatic rings. The first kappa shape index (κ1) is 15.1. The molecule has 0 bridgehead atoms. The molecule has 1 aromatic carbocycles. The van der Waals surface area contributed by atoms with Crippen LogP contribution in [0.3, 0.4) is 0 Å². The Bertz CT molecular complexity index is 548. The Hall–Kier alpha value is -1.25. The third-order valence-corrected chi connectivity index (χ3v) is 4.90. The smallest absolute Gasteiger partial charge is 0.272 e. The highest BCUT2D eigenvalue weighted by Gasteiger charge is 2.30. The van der Waals surface area contributed by atoms with E-state index < -0.39 is 23.1 Å². The summed E-state index contributed by atoms with van der Waals surface area (Å²) in [5.74, 6) is 0.211. The molecule has 0 radical (unpaired) electrons. The summed E-state index contributed by atoms with van der Waals surface area (Å²) in [5.41, 5.74) is 5.69. The monoisotopic (exact) mass is 306 g/mol. The maximum Gasteiger partial charge on any atom is 0.272 e. The molecule has 0 aromatic heterocycles. The molecule has 1 fully saturated rings. The average molecular weight is 306 g/mol. The molecule has 112 valence electrons. The first-order valence-electron chi connectivity index (χ1n) is 6.16. The van der Waals surface area contributed by atoms with Crippen molar-refractivity contribution in [2.45, 2.75) is 23.8 Å². The van der Waals surface area contributed by atoms with E-state index >= 15 is 0 Å². The lowest BCUT2D eigenvalue weighted by Gasteiger charge is -2.16. The summed E-state index contributed by atoms with van der Waals surface area (Å²) >= 11 is 0. The highest BCUT2D eigenvalue weighted by Crippen LogP contribution is 2.22. The number of halogens is 2. The molecule has 1 saturated heterocycles. The maximum absolute atomic E-state index is 12.3. The van der Waals surface area contributed by atoms with Crippen LogP contribution in [-0.4, -0.2) is 44.9 Å². The number of hydrogen-bond donors (Lipinski definition) is 1. The molecule has 1 aliphatic heterocycles. The van der Waals surface area contributed by atoms with Gasteiger partial charge in [-0.15, -0.1) is 0 Å². The molecule has 1 atom stereocenters. The minimum Gasteiger partial charge on any atom is -0.488 e. The fourth-order valence-corrected chi connectivity index (χ4v) is 3.50. The molecule has 1 aliphatic rings. The topological polar surface area (TPSA) is 72.6 Å². The summed E-state index contributed by atoms with van der Waals surface area (Å²) in [6.45, 7) is -0.0217. The van der Waals surface area contributed by atoms with Crippen LogP contribution in [0.2, 0.25) is 0 Å². The van der Waals surface area contributed by atoms with Gasteiger partial charge in [0.1, 0.15) is 12.4 Å². The zero-order valence-corrected chi connectivity index (χ0v) is 11.5. The number of rotatable bonds is 5. The average Bonchev–Trinajstić information content (AvgIpc) is 2.84. The molecule has 1 heterocycles. The van der Waals surface area contributed by atoms with Crippen LogP contribution in [0.4, 0.5) is 8.78 Å². The highest BCUT2D eigenvalue weighted by atomic mass is 32.2. The third-order valence-electron chi connectivity index (χ3n) is 3.02. The molecular weight excluding hydrogens is 290 g/mol. The van der Waals surface area contributed by atoms with Crippen LogP contribution in [0.15, 0.2) is 29.2 Å². The van der Waals surface area contributed by atoms with Gasteiger partial charge in [0, 0.05) is 19.1 Å². The number of hydrogen-bond acceptors (Lipinski definition) is 4. The van der Waals surface area contributed by atoms with Gasteiger partial charge < -0.3 is 10.5 Å². The molecule has 8 heteroatoms. The Balaban J connectivity index is 2.09. The van der Waals surface area contributed by atoms with Gasteiger partial charge in [0.05, 0.1) is 4.90 Å². The van der Waals surface area contributed by atoms with E-state index in [-0.39, 0.29) is 16.7 Å². The number of benzene rings is 1. The number of nitrogens with two attached hydrogens (primary N) is 1. The summed E-state index contributed by atoms with van der Waals surface area (Å²) in [5, 5.41) is 0. The van der Waals surface area contributed by atoms with Crippen LogP contribution in [0.25, 0.3) is 0 Å². The molecule has 5 nitrogen and oxygen atoms in total. The fourth-order valence-electron chi connectivity index (χ4n) is 1.99. The van der Waals surface area contributed by atoms with Gasteiger partial charge in [-0.25, -0.2) is 17.2 Å². The zero-order chi connectivity index (χ0) is 14.8. The Morgan fingerprint density at radius 2 is 2.00 bits per heavy atom. The van der Waals surface area contributed by atoms with Crippen LogP contribution < -0.4 is 10.5 Å². The first-order chi connectivity index (χ1) is 9.39. The lowest BCUT2D eigenvalue weighted by atomic mass is 10.3. The first-order valence-corrected chi connectivity index (χ1v) is 7.60. The van der Waals surface area contributed by atoms with Gasteiger partial charge in [-0.2, -0.15) is 4.31 Å². The second-order valence-electron chi connectivity index (χ2n) is 4.59. The van der Waals surface area contributed by atoms with Gasteiger partial charge in [-0.1, -0.05) is 0 Å². The van der Waals surface area contributed by atoms with E-state index in [9.17, 15) is 17.2 Å². The van der Waals surface area contributed by atoms with Gasteiger partial charge in [0.25, 0.3) is 6.43 Å². The van der Waals surface area contributed by atoms with Crippen molar-refractivity contribution in [3.05, 3.63) is 24.3 Å². The van der Waals surface area contributed by atoms with Crippen LogP contribution in [0.5, 0.6) is 5.75 Å². The molecule has 0 spiro atoms. The Morgan fingerprint density at radius 3 is 2.50 bits per heavy atom. The Labute approximate surface area is 116 Å². The quantitative estimate of drug-likeness (QED) is 0.882. The van der Waals surface area contributed by atoms with Crippen molar-refractivity contribution in [2.75, 3.05) is 19.7 Å². The van der Waals surface area contributed by atoms with E-state index in [1.54, 1.807) is 0 Å². The molecule has 0 saturated carbocycles. The minimum atomic E-state index is -3.57. The van der Waals surface area contributed by atoms with Crippen molar-refractivity contribution < 1.29 is 21.9 Å². The lowest BCUT2D eigenvalue weighted by molar-refractivity contribution is 0.0819. The van der Waals surface area contributed by atoms with Gasteiger partial charge >= 0.3 is 0 Å². The van der Waals surface area contributed by atoms with Gasteiger partial charge in [-0.3, -0.25) is 0 Å². The summed E-state index contributed by atoms with van der Waals surface area (Å²) in [6.07, 6.45) is -1.93. The summed E-state index contributed by atoms with van der Waals surface area (Å²) in [6, 6.07) is 5.29. The second kappa shape index (κ2) is 6.02. The highest BCUT2D eigenvalue weighted by molar-refractivity contribution is 7.89. The predicted molar refractivity (Wildman–Crippen MR) is 69.3 cm³/mol. The van der Waals surface area contributed by atoms with Crippen LogP contribution in [0, 0.1) is 0 Å².